The van der Waals surface area contributed by atoms with Gasteiger partial charge in [0.15, 0.2) is 0 Å². The molecule has 0 aliphatic rings. The molecular weight excluding hydrogens is 248 g/mol. The smallest absolute Gasteiger partial charge is 0.234 e. The number of halogens is 1. The molecule has 0 radical (unpaired) electrons. The van der Waals surface area contributed by atoms with Crippen LogP contribution in [0.4, 0.5) is 0 Å². The molecule has 2 rings (SSSR count). The third-order valence-electron chi connectivity index (χ3n) is 1.73. The molecule has 4 heteroatoms. The van der Waals surface area contributed by atoms with Crippen LogP contribution in [0.25, 0.3) is 0 Å². The first-order valence-electron chi connectivity index (χ1n) is 4.28. The van der Waals surface area contributed by atoms with Crippen LogP contribution in [0, 0.1) is 0 Å². The number of rotatable bonds is 2. The first-order valence-corrected chi connectivity index (χ1v) is 6.29. The third kappa shape index (κ3) is 2.84. The van der Waals surface area contributed by atoms with Crippen LogP contribution >= 0.6 is 34.7 Å². The van der Waals surface area contributed by atoms with Crippen molar-refractivity contribution in [1.82, 2.24) is 0 Å². The summed E-state index contributed by atoms with van der Waals surface area (Å²) in [6, 6.07) is 13.1. The molecule has 0 aliphatic carbocycles. The molecule has 0 fully saturated rings. The maximum Gasteiger partial charge on any atom is 0.234 e. The molecule has 0 saturated heterocycles. The molecule has 15 heavy (non-hydrogen) atoms. The second-order valence-electron chi connectivity index (χ2n) is 2.81. The van der Waals surface area contributed by atoms with Gasteiger partial charge in [0.05, 0.1) is 9.21 Å². The van der Waals surface area contributed by atoms with Crippen molar-refractivity contribution < 1.29 is 4.79 Å². The van der Waals surface area contributed by atoms with E-state index in [1.54, 1.807) is 12.1 Å². The van der Waals surface area contributed by atoms with Gasteiger partial charge in [-0.05, 0) is 36.0 Å². The van der Waals surface area contributed by atoms with Crippen LogP contribution in [0.5, 0.6) is 0 Å². The Morgan fingerprint density at radius 1 is 1.13 bits per heavy atom. The molecule has 0 saturated carbocycles. The second kappa shape index (κ2) is 4.84. The maximum atomic E-state index is 11.7. The standard InChI is InChI=1S/C11H7ClOS2/c12-10-7-6-9(15-10)11(13)14-8-4-2-1-3-5-8/h1-7H. The number of carbonyl (C=O) groups is 1. The van der Waals surface area contributed by atoms with Crippen LogP contribution in [-0.4, -0.2) is 5.12 Å². The Bertz CT molecular complexity index is 464. The van der Waals surface area contributed by atoms with E-state index in [1.807, 2.05) is 30.3 Å². The fraction of sp³-hybridized carbons (Fsp3) is 0. The van der Waals surface area contributed by atoms with Crippen molar-refractivity contribution in [3.63, 3.8) is 0 Å². The number of thiophene rings is 1. The largest absolute Gasteiger partial charge is 0.280 e. The zero-order valence-electron chi connectivity index (χ0n) is 7.64. The van der Waals surface area contributed by atoms with E-state index < -0.39 is 0 Å². The highest BCUT2D eigenvalue weighted by Gasteiger charge is 2.10. The van der Waals surface area contributed by atoms with E-state index in [0.29, 0.717) is 9.21 Å². The SMILES string of the molecule is O=C(Sc1ccccc1)c1ccc(Cl)s1. The van der Waals surface area contributed by atoms with Gasteiger partial charge in [-0.3, -0.25) is 4.79 Å². The second-order valence-corrected chi connectivity index (χ2v) is 5.57. The molecule has 76 valence electrons. The van der Waals surface area contributed by atoms with Crippen LogP contribution in [0.3, 0.4) is 0 Å². The number of hydrogen-bond donors (Lipinski definition) is 0. The summed E-state index contributed by atoms with van der Waals surface area (Å²) in [7, 11) is 0. The van der Waals surface area contributed by atoms with Crippen molar-refractivity contribution in [3.8, 4) is 0 Å². The van der Waals surface area contributed by atoms with Crippen molar-refractivity contribution in [1.29, 1.82) is 0 Å². The van der Waals surface area contributed by atoms with Gasteiger partial charge in [0, 0.05) is 4.90 Å². The van der Waals surface area contributed by atoms with Crippen molar-refractivity contribution in [2.24, 2.45) is 0 Å². The lowest BCUT2D eigenvalue weighted by Gasteiger charge is -1.96. The molecule has 1 aromatic heterocycles. The number of thioether (sulfide) groups is 1. The summed E-state index contributed by atoms with van der Waals surface area (Å²) in [6.07, 6.45) is 0. The predicted octanol–water partition coefficient (Wildman–Crippen LogP) is 4.33. The molecule has 1 nitrogen and oxygen atoms in total. The summed E-state index contributed by atoms with van der Waals surface area (Å²) >= 11 is 8.30. The lowest BCUT2D eigenvalue weighted by molar-refractivity contribution is 0.109. The van der Waals surface area contributed by atoms with Gasteiger partial charge in [-0.2, -0.15) is 0 Å². The monoisotopic (exact) mass is 254 g/mol. The number of carbonyl (C=O) groups excluding carboxylic acids is 1. The summed E-state index contributed by atoms with van der Waals surface area (Å²) in [5.41, 5.74) is 0. The van der Waals surface area contributed by atoms with E-state index in [4.69, 9.17) is 11.6 Å². The summed E-state index contributed by atoms with van der Waals surface area (Å²) in [6.45, 7) is 0. The topological polar surface area (TPSA) is 17.1 Å². The fourth-order valence-electron chi connectivity index (χ4n) is 1.07. The van der Waals surface area contributed by atoms with Gasteiger partial charge >= 0.3 is 0 Å². The lowest BCUT2D eigenvalue weighted by atomic mass is 10.4. The van der Waals surface area contributed by atoms with Gasteiger partial charge in [-0.1, -0.05) is 29.8 Å². The Hall–Kier alpha value is -0.770. The van der Waals surface area contributed by atoms with E-state index in [2.05, 4.69) is 0 Å². The van der Waals surface area contributed by atoms with Gasteiger partial charge in [0.2, 0.25) is 5.12 Å². The fourth-order valence-corrected chi connectivity index (χ4v) is 2.87. The maximum absolute atomic E-state index is 11.7. The average molecular weight is 255 g/mol. The van der Waals surface area contributed by atoms with E-state index >= 15 is 0 Å². The van der Waals surface area contributed by atoms with Gasteiger partial charge in [-0.15, -0.1) is 11.3 Å². The van der Waals surface area contributed by atoms with Crippen molar-refractivity contribution in [2.45, 2.75) is 4.90 Å². The van der Waals surface area contributed by atoms with E-state index in [-0.39, 0.29) is 5.12 Å². The molecular formula is C11H7ClOS2. The molecule has 1 heterocycles. The lowest BCUT2D eigenvalue weighted by Crippen LogP contribution is -1.87. The zero-order chi connectivity index (χ0) is 10.7. The molecule has 0 unspecified atom stereocenters. The van der Waals surface area contributed by atoms with Crippen LogP contribution in [0.2, 0.25) is 4.34 Å². The van der Waals surface area contributed by atoms with Crippen LogP contribution < -0.4 is 0 Å². The minimum Gasteiger partial charge on any atom is -0.280 e. The van der Waals surface area contributed by atoms with Crippen LogP contribution in [-0.2, 0) is 0 Å². The minimum atomic E-state index is 0.0399. The number of benzene rings is 1. The summed E-state index contributed by atoms with van der Waals surface area (Å²) < 4.78 is 0.645. The van der Waals surface area contributed by atoms with Gasteiger partial charge in [-0.25, -0.2) is 0 Å². The van der Waals surface area contributed by atoms with Gasteiger partial charge in [0.25, 0.3) is 0 Å². The Kier molecular flexibility index (Phi) is 3.46. The van der Waals surface area contributed by atoms with E-state index in [9.17, 15) is 4.79 Å². The van der Waals surface area contributed by atoms with Crippen molar-refractivity contribution in [3.05, 3.63) is 51.7 Å². The van der Waals surface area contributed by atoms with Gasteiger partial charge < -0.3 is 0 Å². The molecule has 0 spiro atoms. The Labute approximate surface area is 101 Å². The van der Waals surface area contributed by atoms with Crippen LogP contribution in [0.15, 0.2) is 47.4 Å². The molecule has 0 aliphatic heterocycles. The summed E-state index contributed by atoms with van der Waals surface area (Å²) in [4.78, 5) is 13.4. The normalized spacial score (nSPS) is 10.2. The zero-order valence-corrected chi connectivity index (χ0v) is 10.0. The third-order valence-corrected chi connectivity index (χ3v) is 4.00. The highest BCUT2D eigenvalue weighted by Crippen LogP contribution is 2.28. The Morgan fingerprint density at radius 2 is 1.87 bits per heavy atom. The summed E-state index contributed by atoms with van der Waals surface area (Å²) in [5.74, 6) is 0. The minimum absolute atomic E-state index is 0.0399. The highest BCUT2D eigenvalue weighted by atomic mass is 35.5. The quantitative estimate of drug-likeness (QED) is 0.742. The van der Waals surface area contributed by atoms with E-state index in [0.717, 1.165) is 4.90 Å². The van der Waals surface area contributed by atoms with Crippen molar-refractivity contribution >= 4 is 39.8 Å². The molecule has 1 aromatic carbocycles. The first-order chi connectivity index (χ1) is 7.25. The summed E-state index contributed by atoms with van der Waals surface area (Å²) in [5, 5.41) is 0.0399. The van der Waals surface area contributed by atoms with Crippen LogP contribution in [0.1, 0.15) is 9.67 Å². The first kappa shape index (κ1) is 10.7. The predicted molar refractivity (Wildman–Crippen MR) is 66.0 cm³/mol. The molecule has 0 atom stereocenters. The highest BCUT2D eigenvalue weighted by molar-refractivity contribution is 8.14. The average Bonchev–Trinajstić information content (AvgIpc) is 2.66. The Morgan fingerprint density at radius 3 is 2.47 bits per heavy atom. The Balaban J connectivity index is 2.11. The van der Waals surface area contributed by atoms with Crippen molar-refractivity contribution in [2.75, 3.05) is 0 Å². The van der Waals surface area contributed by atoms with E-state index in [1.165, 1.54) is 23.1 Å². The molecule has 0 bridgehead atoms. The molecule has 2 aromatic rings. The van der Waals surface area contributed by atoms with Gasteiger partial charge in [0.1, 0.15) is 0 Å². The molecule has 0 N–H and O–H groups in total. The number of hydrogen-bond acceptors (Lipinski definition) is 3. The molecule has 0 amide bonds.